The molecule has 0 aromatic heterocycles. The summed E-state index contributed by atoms with van der Waals surface area (Å²) in [5.74, 6) is 0.184. The van der Waals surface area contributed by atoms with E-state index in [4.69, 9.17) is 0 Å². The number of hydrogen-bond acceptors (Lipinski definition) is 2. The molecule has 0 spiro atoms. The van der Waals surface area contributed by atoms with E-state index in [1.165, 1.54) is 0 Å². The van der Waals surface area contributed by atoms with Crippen LogP contribution in [0.3, 0.4) is 0 Å². The van der Waals surface area contributed by atoms with Crippen molar-refractivity contribution in [3.8, 4) is 0 Å². The Bertz CT molecular complexity index is 157. The highest BCUT2D eigenvalue weighted by Crippen LogP contribution is 1.98. The molecule has 0 aromatic carbocycles. The molecule has 0 rings (SSSR count). The summed E-state index contributed by atoms with van der Waals surface area (Å²) in [6, 6.07) is 0.759. The highest BCUT2D eigenvalue weighted by atomic mass is 16.2. The van der Waals surface area contributed by atoms with Gasteiger partial charge in [-0.2, -0.15) is 0 Å². The number of rotatable bonds is 5. The SMILES string of the molecule is CCC(C)NC(C)CC(=O)N(C)C. The predicted molar refractivity (Wildman–Crippen MR) is 55.7 cm³/mol. The molecule has 2 atom stereocenters. The molecule has 0 radical (unpaired) electrons. The predicted octanol–water partition coefficient (Wildman–Crippen LogP) is 1.24. The van der Waals surface area contributed by atoms with Gasteiger partial charge in [-0.25, -0.2) is 0 Å². The molecular weight excluding hydrogens is 164 g/mol. The minimum atomic E-state index is 0.184. The van der Waals surface area contributed by atoms with Gasteiger partial charge in [0, 0.05) is 32.6 Å². The number of nitrogens with zero attached hydrogens (tertiary/aromatic N) is 1. The molecule has 0 saturated heterocycles. The Labute approximate surface area is 81.5 Å². The first-order chi connectivity index (χ1) is 5.97. The van der Waals surface area contributed by atoms with Gasteiger partial charge < -0.3 is 10.2 Å². The van der Waals surface area contributed by atoms with Crippen molar-refractivity contribution in [2.75, 3.05) is 14.1 Å². The van der Waals surface area contributed by atoms with E-state index in [0.29, 0.717) is 12.5 Å². The fraction of sp³-hybridized carbons (Fsp3) is 0.900. The molecule has 0 bridgehead atoms. The van der Waals surface area contributed by atoms with Gasteiger partial charge in [-0.3, -0.25) is 4.79 Å². The summed E-state index contributed by atoms with van der Waals surface area (Å²) in [5.41, 5.74) is 0. The van der Waals surface area contributed by atoms with Crippen LogP contribution in [0.4, 0.5) is 0 Å². The highest BCUT2D eigenvalue weighted by molar-refractivity contribution is 5.76. The second-order valence-electron chi connectivity index (χ2n) is 3.87. The summed E-state index contributed by atoms with van der Waals surface area (Å²) in [5, 5.41) is 3.37. The van der Waals surface area contributed by atoms with E-state index in [2.05, 4.69) is 19.2 Å². The second-order valence-corrected chi connectivity index (χ2v) is 3.87. The van der Waals surface area contributed by atoms with Gasteiger partial charge in [-0.05, 0) is 20.3 Å². The summed E-state index contributed by atoms with van der Waals surface area (Å²) < 4.78 is 0. The van der Waals surface area contributed by atoms with Crippen LogP contribution in [-0.4, -0.2) is 37.0 Å². The van der Waals surface area contributed by atoms with Crippen LogP contribution in [0.25, 0.3) is 0 Å². The molecular formula is C10H22N2O. The number of nitrogens with one attached hydrogen (secondary N) is 1. The van der Waals surface area contributed by atoms with Gasteiger partial charge in [-0.1, -0.05) is 6.92 Å². The zero-order valence-corrected chi connectivity index (χ0v) is 9.42. The fourth-order valence-electron chi connectivity index (χ4n) is 1.11. The smallest absolute Gasteiger partial charge is 0.223 e. The maximum atomic E-state index is 11.3. The zero-order chi connectivity index (χ0) is 10.4. The molecule has 0 fully saturated rings. The van der Waals surface area contributed by atoms with Gasteiger partial charge in [0.25, 0.3) is 0 Å². The van der Waals surface area contributed by atoms with Crippen molar-refractivity contribution in [3.05, 3.63) is 0 Å². The quantitative estimate of drug-likeness (QED) is 0.700. The van der Waals surface area contributed by atoms with Gasteiger partial charge in [-0.15, -0.1) is 0 Å². The molecule has 0 aromatic rings. The molecule has 13 heavy (non-hydrogen) atoms. The van der Waals surface area contributed by atoms with Crippen molar-refractivity contribution >= 4 is 5.91 Å². The van der Waals surface area contributed by atoms with E-state index in [1.807, 2.05) is 6.92 Å². The molecule has 3 heteroatoms. The molecule has 78 valence electrons. The summed E-state index contributed by atoms with van der Waals surface area (Å²) >= 11 is 0. The third kappa shape index (κ3) is 5.64. The van der Waals surface area contributed by atoms with Crippen LogP contribution in [0.15, 0.2) is 0 Å². The molecule has 0 aliphatic rings. The highest BCUT2D eigenvalue weighted by Gasteiger charge is 2.11. The molecule has 2 unspecified atom stereocenters. The third-order valence-corrected chi connectivity index (χ3v) is 2.16. The summed E-state index contributed by atoms with van der Waals surface area (Å²) in [6.45, 7) is 6.32. The lowest BCUT2D eigenvalue weighted by atomic mass is 10.1. The van der Waals surface area contributed by atoms with Gasteiger partial charge in [0.1, 0.15) is 0 Å². The maximum Gasteiger partial charge on any atom is 0.223 e. The summed E-state index contributed by atoms with van der Waals surface area (Å²) in [6.07, 6.45) is 1.68. The van der Waals surface area contributed by atoms with Crippen LogP contribution in [0.5, 0.6) is 0 Å². The molecule has 0 aliphatic carbocycles. The van der Waals surface area contributed by atoms with E-state index in [0.717, 1.165) is 6.42 Å². The van der Waals surface area contributed by atoms with Crippen LogP contribution in [0.2, 0.25) is 0 Å². The lowest BCUT2D eigenvalue weighted by molar-refractivity contribution is -0.129. The maximum absolute atomic E-state index is 11.3. The van der Waals surface area contributed by atoms with Gasteiger partial charge in [0.05, 0.1) is 0 Å². The van der Waals surface area contributed by atoms with Crippen molar-refractivity contribution in [2.45, 2.75) is 45.7 Å². The van der Waals surface area contributed by atoms with Gasteiger partial charge in [0.15, 0.2) is 0 Å². The Balaban J connectivity index is 3.74. The Morgan fingerprint density at radius 2 is 1.85 bits per heavy atom. The zero-order valence-electron chi connectivity index (χ0n) is 9.42. The lowest BCUT2D eigenvalue weighted by Gasteiger charge is -2.20. The van der Waals surface area contributed by atoms with Crippen molar-refractivity contribution in [1.29, 1.82) is 0 Å². The Hall–Kier alpha value is -0.570. The lowest BCUT2D eigenvalue weighted by Crippen LogP contribution is -2.37. The number of amides is 1. The molecule has 0 saturated carbocycles. The minimum absolute atomic E-state index is 0.184. The van der Waals surface area contributed by atoms with E-state index in [-0.39, 0.29) is 11.9 Å². The minimum Gasteiger partial charge on any atom is -0.349 e. The number of carbonyl (C=O) groups excluding carboxylic acids is 1. The molecule has 0 heterocycles. The van der Waals surface area contributed by atoms with E-state index in [9.17, 15) is 4.79 Å². The van der Waals surface area contributed by atoms with E-state index < -0.39 is 0 Å². The van der Waals surface area contributed by atoms with E-state index >= 15 is 0 Å². The first kappa shape index (κ1) is 12.4. The van der Waals surface area contributed by atoms with E-state index in [1.54, 1.807) is 19.0 Å². The average Bonchev–Trinajstić information content (AvgIpc) is 2.03. The van der Waals surface area contributed by atoms with Crippen LogP contribution < -0.4 is 5.32 Å². The van der Waals surface area contributed by atoms with Crippen LogP contribution in [0, 0.1) is 0 Å². The monoisotopic (exact) mass is 186 g/mol. The van der Waals surface area contributed by atoms with Crippen LogP contribution >= 0.6 is 0 Å². The Morgan fingerprint density at radius 3 is 2.23 bits per heavy atom. The number of carbonyl (C=O) groups is 1. The summed E-state index contributed by atoms with van der Waals surface area (Å²) in [7, 11) is 3.58. The first-order valence-corrected chi connectivity index (χ1v) is 4.93. The van der Waals surface area contributed by atoms with Crippen LogP contribution in [-0.2, 0) is 4.79 Å². The van der Waals surface area contributed by atoms with Crippen molar-refractivity contribution in [3.63, 3.8) is 0 Å². The normalized spacial score (nSPS) is 15.2. The first-order valence-electron chi connectivity index (χ1n) is 4.93. The standard InChI is InChI=1S/C10H22N2O/c1-6-8(2)11-9(3)7-10(13)12(4)5/h8-9,11H,6-7H2,1-5H3. The molecule has 0 aliphatic heterocycles. The Morgan fingerprint density at radius 1 is 1.31 bits per heavy atom. The number of hydrogen-bond donors (Lipinski definition) is 1. The average molecular weight is 186 g/mol. The second kappa shape index (κ2) is 5.97. The molecule has 1 amide bonds. The van der Waals surface area contributed by atoms with Gasteiger partial charge in [0.2, 0.25) is 5.91 Å². The van der Waals surface area contributed by atoms with Crippen molar-refractivity contribution in [1.82, 2.24) is 10.2 Å². The van der Waals surface area contributed by atoms with Crippen molar-refractivity contribution < 1.29 is 4.79 Å². The summed E-state index contributed by atoms with van der Waals surface area (Å²) in [4.78, 5) is 12.9. The Kier molecular flexibility index (Phi) is 5.71. The fourth-order valence-corrected chi connectivity index (χ4v) is 1.11. The van der Waals surface area contributed by atoms with Crippen LogP contribution in [0.1, 0.15) is 33.6 Å². The molecule has 3 nitrogen and oxygen atoms in total. The van der Waals surface area contributed by atoms with Crippen molar-refractivity contribution in [2.24, 2.45) is 0 Å². The topological polar surface area (TPSA) is 32.3 Å². The largest absolute Gasteiger partial charge is 0.349 e. The van der Waals surface area contributed by atoms with Gasteiger partial charge >= 0.3 is 0 Å². The molecule has 1 N–H and O–H groups in total. The third-order valence-electron chi connectivity index (χ3n) is 2.16.